The van der Waals surface area contributed by atoms with E-state index in [0.29, 0.717) is 6.04 Å². The quantitative estimate of drug-likeness (QED) is 0.741. The Hall–Kier alpha value is -1.16. The lowest BCUT2D eigenvalue weighted by Gasteiger charge is -2.15. The summed E-state index contributed by atoms with van der Waals surface area (Å²) in [5, 5.41) is 6.77. The van der Waals surface area contributed by atoms with Gasteiger partial charge in [0.1, 0.15) is 16.5 Å². The van der Waals surface area contributed by atoms with E-state index in [9.17, 15) is 0 Å². The maximum Gasteiger partial charge on any atom is 0.138 e. The lowest BCUT2D eigenvalue weighted by molar-refractivity contribution is 0.593. The minimum atomic E-state index is 0.467. The van der Waals surface area contributed by atoms with Crippen molar-refractivity contribution in [1.82, 2.24) is 9.97 Å². The van der Waals surface area contributed by atoms with Gasteiger partial charge in [0.2, 0.25) is 0 Å². The number of anilines is 1. The van der Waals surface area contributed by atoms with E-state index in [1.54, 1.807) is 11.3 Å². The van der Waals surface area contributed by atoms with Gasteiger partial charge < -0.3 is 5.32 Å². The first kappa shape index (κ1) is 14.3. The van der Waals surface area contributed by atoms with Gasteiger partial charge in [-0.2, -0.15) is 0 Å². The minimum Gasteiger partial charge on any atom is -0.367 e. The van der Waals surface area contributed by atoms with Crippen LogP contribution in [0.25, 0.3) is 10.2 Å². The highest BCUT2D eigenvalue weighted by atomic mass is 32.1. The highest BCUT2D eigenvalue weighted by molar-refractivity contribution is 7.16. The molecule has 4 heteroatoms. The molecule has 0 spiro atoms. The molecule has 0 saturated carbocycles. The number of hydrogen-bond donors (Lipinski definition) is 1. The molecule has 19 heavy (non-hydrogen) atoms. The molecule has 0 aliphatic heterocycles. The molecule has 0 fully saturated rings. The summed E-state index contributed by atoms with van der Waals surface area (Å²) in [5.41, 5.74) is 0. The van der Waals surface area contributed by atoms with Crippen molar-refractivity contribution in [2.45, 2.75) is 58.9 Å². The molecule has 104 valence electrons. The normalized spacial score (nSPS) is 12.8. The first-order valence-electron chi connectivity index (χ1n) is 7.19. The Bertz CT molecular complexity index is 521. The van der Waals surface area contributed by atoms with Crippen LogP contribution in [0, 0.1) is 6.92 Å². The topological polar surface area (TPSA) is 37.8 Å². The number of aryl methyl sites for hydroxylation is 1. The Balaban J connectivity index is 1.98. The minimum absolute atomic E-state index is 0.467. The van der Waals surface area contributed by atoms with Crippen molar-refractivity contribution in [2.75, 3.05) is 5.32 Å². The van der Waals surface area contributed by atoms with Gasteiger partial charge in [-0.05, 0) is 31.7 Å². The average Bonchev–Trinajstić information content (AvgIpc) is 2.82. The van der Waals surface area contributed by atoms with Crippen LogP contribution in [0.3, 0.4) is 0 Å². The molecule has 2 aromatic heterocycles. The van der Waals surface area contributed by atoms with Crippen LogP contribution < -0.4 is 5.32 Å². The summed E-state index contributed by atoms with van der Waals surface area (Å²) in [5.74, 6) is 1.84. The van der Waals surface area contributed by atoms with Crippen molar-refractivity contribution in [3.05, 3.63) is 17.3 Å². The molecule has 1 N–H and O–H groups in total. The zero-order chi connectivity index (χ0) is 13.7. The number of aromatic nitrogens is 2. The second-order valence-electron chi connectivity index (χ2n) is 5.15. The van der Waals surface area contributed by atoms with Crippen LogP contribution in [0.2, 0.25) is 0 Å². The van der Waals surface area contributed by atoms with Gasteiger partial charge in [-0.3, -0.25) is 0 Å². The van der Waals surface area contributed by atoms with E-state index < -0.39 is 0 Å². The van der Waals surface area contributed by atoms with Crippen LogP contribution in [-0.2, 0) is 0 Å². The summed E-state index contributed by atoms with van der Waals surface area (Å²) in [6, 6.07) is 2.57. The van der Waals surface area contributed by atoms with Crippen LogP contribution in [0.5, 0.6) is 0 Å². The average molecular weight is 277 g/mol. The number of hydrogen-bond acceptors (Lipinski definition) is 4. The van der Waals surface area contributed by atoms with E-state index in [-0.39, 0.29) is 0 Å². The Kier molecular flexibility index (Phi) is 5.14. The Morgan fingerprint density at radius 3 is 2.89 bits per heavy atom. The van der Waals surface area contributed by atoms with E-state index in [0.717, 1.165) is 21.9 Å². The van der Waals surface area contributed by atoms with Gasteiger partial charge in [-0.15, -0.1) is 11.3 Å². The zero-order valence-electron chi connectivity index (χ0n) is 12.1. The molecule has 0 aliphatic rings. The van der Waals surface area contributed by atoms with Crippen LogP contribution in [0.4, 0.5) is 5.82 Å². The van der Waals surface area contributed by atoms with Crippen molar-refractivity contribution in [3.8, 4) is 0 Å². The standard InChI is InChI=1S/C15H23N3S/c1-4-5-6-7-8-11(2)16-14-13-9-10-19-15(13)18-12(3)17-14/h9-11H,4-8H2,1-3H3,(H,16,17,18). The smallest absolute Gasteiger partial charge is 0.138 e. The molecule has 0 aromatic carbocycles. The third kappa shape index (κ3) is 3.90. The summed E-state index contributed by atoms with van der Waals surface area (Å²) < 4.78 is 0. The second-order valence-corrected chi connectivity index (χ2v) is 6.05. The van der Waals surface area contributed by atoms with Crippen molar-refractivity contribution in [3.63, 3.8) is 0 Å². The molecule has 3 nitrogen and oxygen atoms in total. The molecule has 0 aliphatic carbocycles. The summed E-state index contributed by atoms with van der Waals surface area (Å²) in [6.07, 6.45) is 6.46. The van der Waals surface area contributed by atoms with E-state index in [2.05, 4.69) is 40.6 Å². The molecule has 0 amide bonds. The van der Waals surface area contributed by atoms with E-state index in [1.807, 2.05) is 6.92 Å². The predicted molar refractivity (Wildman–Crippen MR) is 84.0 cm³/mol. The molecule has 1 atom stereocenters. The third-order valence-electron chi connectivity index (χ3n) is 3.31. The lowest BCUT2D eigenvalue weighted by Crippen LogP contribution is -2.16. The SMILES string of the molecule is CCCCCCC(C)Nc1nc(C)nc2sccc12. The van der Waals surface area contributed by atoms with E-state index in [4.69, 9.17) is 0 Å². The number of unbranched alkanes of at least 4 members (excludes halogenated alkanes) is 3. The fourth-order valence-electron chi connectivity index (χ4n) is 2.25. The van der Waals surface area contributed by atoms with Crippen LogP contribution in [0.1, 0.15) is 51.8 Å². The molecule has 0 bridgehead atoms. The third-order valence-corrected chi connectivity index (χ3v) is 4.12. The Labute approximate surface area is 119 Å². The zero-order valence-corrected chi connectivity index (χ0v) is 12.9. The molecular weight excluding hydrogens is 254 g/mol. The summed E-state index contributed by atoms with van der Waals surface area (Å²) in [7, 11) is 0. The molecule has 2 heterocycles. The van der Waals surface area contributed by atoms with Crippen molar-refractivity contribution in [1.29, 1.82) is 0 Å². The number of nitrogens with one attached hydrogen (secondary N) is 1. The Morgan fingerprint density at radius 2 is 2.11 bits per heavy atom. The van der Waals surface area contributed by atoms with Gasteiger partial charge in [-0.1, -0.05) is 32.6 Å². The molecule has 0 radical (unpaired) electrons. The number of rotatable bonds is 7. The number of nitrogens with zero attached hydrogens (tertiary/aromatic N) is 2. The van der Waals surface area contributed by atoms with Crippen molar-refractivity contribution >= 4 is 27.4 Å². The molecule has 0 saturated heterocycles. The molecular formula is C15H23N3S. The molecule has 1 unspecified atom stereocenters. The van der Waals surface area contributed by atoms with Gasteiger partial charge in [0.15, 0.2) is 0 Å². The summed E-state index contributed by atoms with van der Waals surface area (Å²) in [4.78, 5) is 10.1. The number of thiophene rings is 1. The predicted octanol–water partition coefficient (Wildman–Crippen LogP) is 4.77. The monoisotopic (exact) mass is 277 g/mol. The molecule has 2 rings (SSSR count). The van der Waals surface area contributed by atoms with E-state index in [1.165, 1.54) is 32.1 Å². The van der Waals surface area contributed by atoms with Gasteiger partial charge >= 0.3 is 0 Å². The maximum absolute atomic E-state index is 4.54. The van der Waals surface area contributed by atoms with Gasteiger partial charge in [0, 0.05) is 6.04 Å². The highest BCUT2D eigenvalue weighted by Crippen LogP contribution is 2.25. The second kappa shape index (κ2) is 6.85. The first-order valence-corrected chi connectivity index (χ1v) is 8.07. The summed E-state index contributed by atoms with van der Waals surface area (Å²) >= 11 is 1.68. The fraction of sp³-hybridized carbons (Fsp3) is 0.600. The van der Waals surface area contributed by atoms with Gasteiger partial charge in [-0.25, -0.2) is 9.97 Å². The fourth-order valence-corrected chi connectivity index (χ4v) is 3.06. The molecule has 2 aromatic rings. The first-order chi connectivity index (χ1) is 9.20. The van der Waals surface area contributed by atoms with E-state index >= 15 is 0 Å². The summed E-state index contributed by atoms with van der Waals surface area (Å²) in [6.45, 7) is 6.44. The van der Waals surface area contributed by atoms with Crippen LogP contribution in [-0.4, -0.2) is 16.0 Å². The lowest BCUT2D eigenvalue weighted by atomic mass is 10.1. The maximum atomic E-state index is 4.54. The number of fused-ring (bicyclic) bond motifs is 1. The van der Waals surface area contributed by atoms with Crippen LogP contribution in [0.15, 0.2) is 11.4 Å². The largest absolute Gasteiger partial charge is 0.367 e. The van der Waals surface area contributed by atoms with Crippen molar-refractivity contribution in [2.24, 2.45) is 0 Å². The van der Waals surface area contributed by atoms with Gasteiger partial charge in [0.25, 0.3) is 0 Å². The Morgan fingerprint density at radius 1 is 1.26 bits per heavy atom. The van der Waals surface area contributed by atoms with Crippen LogP contribution >= 0.6 is 11.3 Å². The van der Waals surface area contributed by atoms with Gasteiger partial charge in [0.05, 0.1) is 5.39 Å². The highest BCUT2D eigenvalue weighted by Gasteiger charge is 2.09. The van der Waals surface area contributed by atoms with Crippen molar-refractivity contribution < 1.29 is 0 Å².